The Morgan fingerprint density at radius 2 is 2.09 bits per heavy atom. The molecule has 1 aromatic rings. The van der Waals surface area contributed by atoms with Gasteiger partial charge in [0, 0.05) is 43.9 Å². The summed E-state index contributed by atoms with van der Waals surface area (Å²) < 4.78 is 27.1. The van der Waals surface area contributed by atoms with Crippen LogP contribution in [-0.4, -0.2) is 64.7 Å². The second-order valence-corrected chi connectivity index (χ2v) is 8.36. The van der Waals surface area contributed by atoms with Crippen LogP contribution in [0.4, 0.5) is 0 Å². The summed E-state index contributed by atoms with van der Waals surface area (Å²) in [6, 6.07) is 0. The van der Waals surface area contributed by atoms with E-state index in [-0.39, 0.29) is 12.4 Å². The molecular formula is C13H24N4O3S2. The number of hydrogen-bond donors (Lipinski definition) is 2. The first kappa shape index (κ1) is 18.9. The topological polar surface area (TPSA) is 92.7 Å². The van der Waals surface area contributed by atoms with E-state index in [1.165, 1.54) is 11.1 Å². The van der Waals surface area contributed by atoms with Crippen molar-refractivity contribution in [3.63, 3.8) is 0 Å². The molecular weight excluding hydrogens is 324 g/mol. The van der Waals surface area contributed by atoms with Crippen molar-refractivity contribution in [3.05, 3.63) is 16.1 Å². The molecule has 0 aromatic carbocycles. The Kier molecular flexibility index (Phi) is 8.36. The third kappa shape index (κ3) is 8.96. The number of aliphatic imine (C=N–C) groups is 1. The maximum absolute atomic E-state index is 10.9. The molecule has 126 valence electrons. The van der Waals surface area contributed by atoms with Crippen LogP contribution in [0.15, 0.2) is 11.2 Å². The van der Waals surface area contributed by atoms with Crippen LogP contribution in [0.25, 0.3) is 0 Å². The van der Waals surface area contributed by atoms with Gasteiger partial charge in [-0.15, -0.1) is 11.3 Å². The molecule has 0 fully saturated rings. The van der Waals surface area contributed by atoms with Crippen LogP contribution in [-0.2, 0) is 21.0 Å². The van der Waals surface area contributed by atoms with E-state index in [2.05, 4.69) is 20.6 Å². The van der Waals surface area contributed by atoms with Crippen molar-refractivity contribution in [2.45, 2.75) is 13.3 Å². The van der Waals surface area contributed by atoms with Crippen molar-refractivity contribution in [1.29, 1.82) is 0 Å². The fraction of sp³-hybridized carbons (Fsp3) is 0.692. The minimum absolute atomic E-state index is 0.0488. The van der Waals surface area contributed by atoms with Crippen LogP contribution in [0.1, 0.15) is 9.88 Å². The van der Waals surface area contributed by atoms with E-state index in [0.717, 1.165) is 18.0 Å². The van der Waals surface area contributed by atoms with Gasteiger partial charge in [-0.1, -0.05) is 0 Å². The molecule has 0 aliphatic heterocycles. The van der Waals surface area contributed by atoms with Crippen molar-refractivity contribution in [1.82, 2.24) is 15.6 Å². The molecule has 0 aliphatic carbocycles. The first-order valence-corrected chi connectivity index (χ1v) is 9.89. The van der Waals surface area contributed by atoms with Crippen LogP contribution in [0.3, 0.4) is 0 Å². The van der Waals surface area contributed by atoms with Crippen LogP contribution < -0.4 is 10.6 Å². The molecule has 2 N–H and O–H groups in total. The molecule has 0 radical (unpaired) electrons. The Morgan fingerprint density at radius 1 is 1.36 bits per heavy atom. The number of ether oxygens (including phenoxy) is 1. The predicted molar refractivity (Wildman–Crippen MR) is 90.4 cm³/mol. The fourth-order valence-electron chi connectivity index (χ4n) is 1.58. The Hall–Kier alpha value is -1.19. The van der Waals surface area contributed by atoms with Crippen molar-refractivity contribution in [2.75, 3.05) is 45.4 Å². The lowest BCUT2D eigenvalue weighted by Gasteiger charge is -2.11. The van der Waals surface area contributed by atoms with Crippen molar-refractivity contribution < 1.29 is 13.2 Å². The number of thiazole rings is 1. The summed E-state index contributed by atoms with van der Waals surface area (Å²) in [7, 11) is -1.25. The zero-order chi connectivity index (χ0) is 16.4. The number of nitrogens with zero attached hydrogens (tertiary/aromatic N) is 2. The highest BCUT2D eigenvalue weighted by Crippen LogP contribution is 2.10. The number of guanidine groups is 1. The Balaban J connectivity index is 2.10. The molecule has 0 saturated heterocycles. The highest BCUT2D eigenvalue weighted by molar-refractivity contribution is 7.90. The molecule has 22 heavy (non-hydrogen) atoms. The number of rotatable bonds is 9. The van der Waals surface area contributed by atoms with E-state index in [0.29, 0.717) is 19.1 Å². The summed E-state index contributed by atoms with van der Waals surface area (Å²) in [6.45, 7) is 4.01. The van der Waals surface area contributed by atoms with Gasteiger partial charge in [-0.2, -0.15) is 0 Å². The molecule has 1 aromatic heterocycles. The lowest BCUT2D eigenvalue weighted by Crippen LogP contribution is -2.39. The van der Waals surface area contributed by atoms with Gasteiger partial charge >= 0.3 is 0 Å². The summed E-state index contributed by atoms with van der Waals surface area (Å²) in [5.74, 6) is 0.743. The molecule has 0 aliphatic rings. The maximum Gasteiger partial charge on any atom is 0.191 e. The molecule has 0 unspecified atom stereocenters. The van der Waals surface area contributed by atoms with E-state index < -0.39 is 9.84 Å². The van der Waals surface area contributed by atoms with Gasteiger partial charge in [0.15, 0.2) is 5.96 Å². The average Bonchev–Trinajstić information content (AvgIpc) is 2.85. The van der Waals surface area contributed by atoms with Gasteiger partial charge in [-0.25, -0.2) is 13.4 Å². The zero-order valence-electron chi connectivity index (χ0n) is 13.3. The average molecular weight is 348 g/mol. The SMILES string of the molecule is CN=C(NCCOCCS(C)(=O)=O)NCCc1ncc(C)s1. The minimum Gasteiger partial charge on any atom is -0.379 e. The summed E-state index contributed by atoms with van der Waals surface area (Å²) in [5, 5.41) is 7.40. The molecule has 1 heterocycles. The first-order chi connectivity index (χ1) is 10.4. The molecule has 1 rings (SSSR count). The van der Waals surface area contributed by atoms with Gasteiger partial charge in [0.1, 0.15) is 9.84 Å². The van der Waals surface area contributed by atoms with Crippen molar-refractivity contribution >= 4 is 27.1 Å². The van der Waals surface area contributed by atoms with Crippen LogP contribution in [0.2, 0.25) is 0 Å². The van der Waals surface area contributed by atoms with Crippen LogP contribution in [0.5, 0.6) is 0 Å². The molecule has 0 atom stereocenters. The predicted octanol–water partition coefficient (Wildman–Crippen LogP) is 0.220. The summed E-state index contributed by atoms with van der Waals surface area (Å²) in [5.41, 5.74) is 0. The van der Waals surface area contributed by atoms with E-state index in [9.17, 15) is 8.42 Å². The monoisotopic (exact) mass is 348 g/mol. The van der Waals surface area contributed by atoms with Crippen LogP contribution >= 0.6 is 11.3 Å². The maximum atomic E-state index is 10.9. The van der Waals surface area contributed by atoms with Crippen molar-refractivity contribution in [2.24, 2.45) is 4.99 Å². The third-order valence-corrected chi connectivity index (χ3v) is 4.54. The Labute approximate surface area is 136 Å². The van der Waals surface area contributed by atoms with E-state index in [4.69, 9.17) is 4.74 Å². The number of sulfone groups is 1. The zero-order valence-corrected chi connectivity index (χ0v) is 14.9. The molecule has 0 saturated carbocycles. The standard InChI is InChI=1S/C13H24N4O3S2/c1-11-10-17-12(21-11)4-5-15-13(14-2)16-6-7-20-8-9-22(3,18)19/h10H,4-9H2,1-3H3,(H2,14,15,16). The van der Waals surface area contributed by atoms with Crippen molar-refractivity contribution in [3.8, 4) is 0 Å². The second-order valence-electron chi connectivity index (χ2n) is 4.78. The minimum atomic E-state index is -2.96. The van der Waals surface area contributed by atoms with Crippen LogP contribution in [0, 0.1) is 6.92 Å². The van der Waals surface area contributed by atoms with E-state index in [1.54, 1.807) is 18.4 Å². The van der Waals surface area contributed by atoms with Gasteiger partial charge < -0.3 is 15.4 Å². The smallest absolute Gasteiger partial charge is 0.191 e. The number of nitrogens with one attached hydrogen (secondary N) is 2. The van der Waals surface area contributed by atoms with E-state index >= 15 is 0 Å². The van der Waals surface area contributed by atoms with E-state index in [1.807, 2.05) is 13.1 Å². The van der Waals surface area contributed by atoms with Gasteiger partial charge in [0.25, 0.3) is 0 Å². The summed E-state index contributed by atoms with van der Waals surface area (Å²) in [4.78, 5) is 9.62. The summed E-state index contributed by atoms with van der Waals surface area (Å²) in [6.07, 6.45) is 3.93. The first-order valence-electron chi connectivity index (χ1n) is 7.02. The lowest BCUT2D eigenvalue weighted by atomic mass is 10.4. The lowest BCUT2D eigenvalue weighted by molar-refractivity contribution is 0.154. The molecule has 7 nitrogen and oxygen atoms in total. The molecule has 0 spiro atoms. The fourth-order valence-corrected chi connectivity index (χ4v) is 2.79. The Morgan fingerprint density at radius 3 is 2.68 bits per heavy atom. The summed E-state index contributed by atoms with van der Waals surface area (Å²) >= 11 is 1.70. The molecule has 0 bridgehead atoms. The van der Waals surface area contributed by atoms with Gasteiger partial charge in [-0.05, 0) is 6.92 Å². The largest absolute Gasteiger partial charge is 0.379 e. The number of aromatic nitrogens is 1. The van der Waals surface area contributed by atoms with Gasteiger partial charge in [-0.3, -0.25) is 4.99 Å². The Bertz CT molecular complexity index is 570. The quantitative estimate of drug-likeness (QED) is 0.377. The molecule has 9 heteroatoms. The third-order valence-electron chi connectivity index (χ3n) is 2.66. The second kappa shape index (κ2) is 9.75. The highest BCUT2D eigenvalue weighted by atomic mass is 32.2. The highest BCUT2D eigenvalue weighted by Gasteiger charge is 2.02. The van der Waals surface area contributed by atoms with Gasteiger partial charge in [0.2, 0.25) is 0 Å². The van der Waals surface area contributed by atoms with Gasteiger partial charge in [0.05, 0.1) is 24.0 Å². The number of aryl methyl sites for hydroxylation is 1. The molecule has 0 amide bonds. The number of hydrogen-bond acceptors (Lipinski definition) is 6. The normalized spacial score (nSPS) is 12.4.